The Morgan fingerprint density at radius 2 is 1.96 bits per heavy atom. The molecule has 0 amide bonds. The monoisotopic (exact) mass is 345 g/mol. The number of rotatable bonds is 2. The van der Waals surface area contributed by atoms with Crippen LogP contribution in [-0.4, -0.2) is 28.0 Å². The summed E-state index contributed by atoms with van der Waals surface area (Å²) in [5.41, 5.74) is 10.5. The highest BCUT2D eigenvalue weighted by atomic mass is 15.1. The van der Waals surface area contributed by atoms with E-state index >= 15 is 0 Å². The van der Waals surface area contributed by atoms with Gasteiger partial charge in [-0.3, -0.25) is 4.98 Å². The number of allylic oxidation sites excluding steroid dienone is 1. The van der Waals surface area contributed by atoms with Gasteiger partial charge < -0.3 is 9.47 Å². The molecule has 1 aliphatic rings. The molecule has 3 heteroatoms. The molecule has 2 aromatic heterocycles. The number of benzene rings is 1. The van der Waals surface area contributed by atoms with Crippen molar-refractivity contribution >= 4 is 22.7 Å². The predicted octanol–water partition coefficient (Wildman–Crippen LogP) is 4.97. The van der Waals surface area contributed by atoms with Gasteiger partial charge in [-0.05, 0) is 69.1 Å². The van der Waals surface area contributed by atoms with E-state index in [0.29, 0.717) is 0 Å². The number of likely N-dealkylation sites (N-methyl/N-ethyl adjacent to an activating group) is 1. The minimum Gasteiger partial charge on any atom is -0.319 e. The van der Waals surface area contributed by atoms with E-state index in [4.69, 9.17) is 0 Å². The van der Waals surface area contributed by atoms with Crippen LogP contribution >= 0.6 is 0 Å². The van der Waals surface area contributed by atoms with Gasteiger partial charge in [0.25, 0.3) is 0 Å². The molecule has 0 atom stereocenters. The van der Waals surface area contributed by atoms with Crippen molar-refractivity contribution in [1.82, 2.24) is 14.5 Å². The molecule has 1 aromatic carbocycles. The second kappa shape index (κ2) is 6.40. The fraction of sp³-hybridized carbons (Fsp3) is 0.348. The fourth-order valence-corrected chi connectivity index (χ4v) is 4.15. The molecule has 4 rings (SSSR count). The van der Waals surface area contributed by atoms with Crippen LogP contribution in [0.4, 0.5) is 0 Å². The third-order valence-electron chi connectivity index (χ3n) is 5.50. The SMILES string of the molecule is C/C(=C\n1c2c(c3cc(C)cc(C)c31)CN(C)CC2)c1ccc(C)nc1. The van der Waals surface area contributed by atoms with Crippen molar-refractivity contribution in [3.63, 3.8) is 0 Å². The molecule has 3 aromatic rings. The zero-order valence-electron chi connectivity index (χ0n) is 16.4. The lowest BCUT2D eigenvalue weighted by molar-refractivity contribution is 0.312. The summed E-state index contributed by atoms with van der Waals surface area (Å²) in [6.07, 6.45) is 5.38. The van der Waals surface area contributed by atoms with Gasteiger partial charge >= 0.3 is 0 Å². The summed E-state index contributed by atoms with van der Waals surface area (Å²) < 4.78 is 2.45. The number of pyridine rings is 1. The van der Waals surface area contributed by atoms with Gasteiger partial charge in [-0.2, -0.15) is 0 Å². The first-order valence-electron chi connectivity index (χ1n) is 9.37. The van der Waals surface area contributed by atoms with Crippen LogP contribution in [0.3, 0.4) is 0 Å². The topological polar surface area (TPSA) is 21.1 Å². The van der Waals surface area contributed by atoms with Crippen LogP contribution in [-0.2, 0) is 13.0 Å². The Morgan fingerprint density at radius 3 is 2.69 bits per heavy atom. The third kappa shape index (κ3) is 2.86. The molecular formula is C23H27N3. The van der Waals surface area contributed by atoms with Crippen molar-refractivity contribution in [2.75, 3.05) is 13.6 Å². The van der Waals surface area contributed by atoms with Crippen LogP contribution in [0.25, 0.3) is 22.7 Å². The van der Waals surface area contributed by atoms with Gasteiger partial charge in [0.15, 0.2) is 0 Å². The Labute approximate surface area is 156 Å². The molecule has 0 aliphatic carbocycles. The number of aromatic nitrogens is 2. The molecule has 134 valence electrons. The van der Waals surface area contributed by atoms with Crippen LogP contribution in [0, 0.1) is 20.8 Å². The predicted molar refractivity (Wildman–Crippen MR) is 110 cm³/mol. The smallest absolute Gasteiger partial charge is 0.0558 e. The van der Waals surface area contributed by atoms with E-state index in [2.05, 4.69) is 72.7 Å². The summed E-state index contributed by atoms with van der Waals surface area (Å²) >= 11 is 0. The largest absolute Gasteiger partial charge is 0.319 e. The highest BCUT2D eigenvalue weighted by Gasteiger charge is 2.23. The molecule has 0 bridgehead atoms. The molecule has 1 aliphatic heterocycles. The normalized spacial score (nSPS) is 15.5. The van der Waals surface area contributed by atoms with Crippen molar-refractivity contribution in [2.24, 2.45) is 0 Å². The summed E-state index contributed by atoms with van der Waals surface area (Å²) in [6, 6.07) is 8.90. The average molecular weight is 345 g/mol. The van der Waals surface area contributed by atoms with E-state index in [9.17, 15) is 0 Å². The first-order valence-corrected chi connectivity index (χ1v) is 9.37. The maximum atomic E-state index is 4.46. The summed E-state index contributed by atoms with van der Waals surface area (Å²) in [4.78, 5) is 6.88. The lowest BCUT2D eigenvalue weighted by Crippen LogP contribution is -2.26. The lowest BCUT2D eigenvalue weighted by Gasteiger charge is -2.23. The molecule has 26 heavy (non-hydrogen) atoms. The van der Waals surface area contributed by atoms with Crippen LogP contribution < -0.4 is 0 Å². The summed E-state index contributed by atoms with van der Waals surface area (Å²) in [5, 5.41) is 1.41. The zero-order valence-corrected chi connectivity index (χ0v) is 16.4. The van der Waals surface area contributed by atoms with Crippen molar-refractivity contribution in [1.29, 1.82) is 0 Å². The molecule has 0 saturated carbocycles. The van der Waals surface area contributed by atoms with Crippen LogP contribution in [0.15, 0.2) is 30.5 Å². The maximum absolute atomic E-state index is 4.46. The minimum absolute atomic E-state index is 1.03. The average Bonchev–Trinajstić information content (AvgIpc) is 2.89. The zero-order chi connectivity index (χ0) is 18.4. The van der Waals surface area contributed by atoms with Crippen molar-refractivity contribution in [3.8, 4) is 0 Å². The molecule has 3 nitrogen and oxygen atoms in total. The maximum Gasteiger partial charge on any atom is 0.0558 e. The highest BCUT2D eigenvalue weighted by molar-refractivity contribution is 5.92. The number of hydrogen-bond donors (Lipinski definition) is 0. The second-order valence-electron chi connectivity index (χ2n) is 7.76. The van der Waals surface area contributed by atoms with E-state index in [-0.39, 0.29) is 0 Å². The molecule has 0 saturated heterocycles. The van der Waals surface area contributed by atoms with E-state index in [0.717, 1.165) is 25.2 Å². The summed E-state index contributed by atoms with van der Waals surface area (Å²) in [6.45, 7) is 10.8. The summed E-state index contributed by atoms with van der Waals surface area (Å²) in [7, 11) is 2.22. The minimum atomic E-state index is 1.03. The Balaban J connectivity index is 1.94. The standard InChI is InChI=1S/C23H27N3/c1-15-10-16(2)23-20(11-15)21-14-25(5)9-8-22(21)26(23)13-17(3)19-7-6-18(4)24-12-19/h6-7,10-13H,8-9,14H2,1-5H3/b17-13+. The molecule has 0 unspecified atom stereocenters. The second-order valence-corrected chi connectivity index (χ2v) is 7.76. The number of fused-ring (bicyclic) bond motifs is 3. The van der Waals surface area contributed by atoms with Gasteiger partial charge in [0.1, 0.15) is 0 Å². The van der Waals surface area contributed by atoms with Gasteiger partial charge in [0, 0.05) is 48.7 Å². The van der Waals surface area contributed by atoms with Gasteiger partial charge in [0.05, 0.1) is 5.52 Å². The van der Waals surface area contributed by atoms with Crippen molar-refractivity contribution in [3.05, 3.63) is 64.1 Å². The Hall–Kier alpha value is -2.39. The molecule has 0 N–H and O–H groups in total. The molecular weight excluding hydrogens is 318 g/mol. The van der Waals surface area contributed by atoms with Gasteiger partial charge in [0.2, 0.25) is 0 Å². The van der Waals surface area contributed by atoms with Gasteiger partial charge in [-0.15, -0.1) is 0 Å². The Kier molecular flexibility index (Phi) is 4.20. The van der Waals surface area contributed by atoms with Crippen molar-refractivity contribution in [2.45, 2.75) is 40.7 Å². The molecule has 3 heterocycles. The van der Waals surface area contributed by atoms with Crippen LogP contribution in [0.2, 0.25) is 0 Å². The molecule has 0 radical (unpaired) electrons. The van der Waals surface area contributed by atoms with Gasteiger partial charge in [-0.25, -0.2) is 0 Å². The Bertz CT molecular complexity index is 1010. The summed E-state index contributed by atoms with van der Waals surface area (Å²) in [5.74, 6) is 0. The van der Waals surface area contributed by atoms with E-state index in [1.54, 1.807) is 0 Å². The highest BCUT2D eigenvalue weighted by Crippen LogP contribution is 2.34. The number of nitrogens with zero attached hydrogens (tertiary/aromatic N) is 3. The lowest BCUT2D eigenvalue weighted by atomic mass is 10.0. The van der Waals surface area contributed by atoms with Crippen molar-refractivity contribution < 1.29 is 0 Å². The van der Waals surface area contributed by atoms with Gasteiger partial charge in [-0.1, -0.05) is 17.7 Å². The van der Waals surface area contributed by atoms with Crippen LogP contribution in [0.1, 0.15) is 40.6 Å². The third-order valence-corrected chi connectivity index (χ3v) is 5.50. The Morgan fingerprint density at radius 1 is 1.15 bits per heavy atom. The fourth-order valence-electron chi connectivity index (χ4n) is 4.15. The first kappa shape index (κ1) is 17.0. The molecule has 0 spiro atoms. The molecule has 0 fully saturated rings. The van der Waals surface area contributed by atoms with E-state index in [1.807, 2.05) is 13.1 Å². The quantitative estimate of drug-likeness (QED) is 0.654. The van der Waals surface area contributed by atoms with E-state index in [1.165, 1.54) is 44.4 Å². The first-order chi connectivity index (χ1) is 12.4. The van der Waals surface area contributed by atoms with Crippen LogP contribution in [0.5, 0.6) is 0 Å². The number of aryl methyl sites for hydroxylation is 3. The van der Waals surface area contributed by atoms with E-state index < -0.39 is 0 Å². The number of hydrogen-bond acceptors (Lipinski definition) is 2.